The van der Waals surface area contributed by atoms with Crippen LogP contribution in [0.2, 0.25) is 0 Å². The van der Waals surface area contributed by atoms with Gasteiger partial charge in [0, 0.05) is 73.8 Å². The molecule has 3 unspecified atom stereocenters. The number of ether oxygens (including phenoxy) is 1. The van der Waals surface area contributed by atoms with Crippen molar-refractivity contribution in [3.63, 3.8) is 0 Å². The number of fused-ring (bicyclic) bond motifs is 2. The van der Waals surface area contributed by atoms with Crippen molar-refractivity contribution >= 4 is 82.5 Å². The van der Waals surface area contributed by atoms with Crippen molar-refractivity contribution < 1.29 is 75.4 Å². The lowest BCUT2D eigenvalue weighted by Crippen LogP contribution is -2.65. The fourth-order valence-corrected chi connectivity index (χ4v) is 16.9. The number of halogens is 4. The maximum absolute atomic E-state index is 15.5. The van der Waals surface area contributed by atoms with Gasteiger partial charge in [0.05, 0.1) is 31.6 Å². The van der Waals surface area contributed by atoms with Crippen molar-refractivity contribution in [2.45, 2.75) is 273 Å². The molecule has 25 nitrogen and oxygen atoms in total. The molecule has 1 spiro atoms. The third kappa shape index (κ3) is 19.2. The fourth-order valence-electron chi connectivity index (χ4n) is 16.4. The number of amides is 12. The predicted molar refractivity (Wildman–Crippen MR) is 369 cm³/mol. The Hall–Kier alpha value is -6.32. The molecule has 12 amide bonds. The third-order valence-electron chi connectivity index (χ3n) is 23.6. The van der Waals surface area contributed by atoms with Gasteiger partial charge in [-0.25, -0.2) is 0 Å². The highest BCUT2D eigenvalue weighted by atomic mass is 35.5. The van der Waals surface area contributed by atoms with Gasteiger partial charge in [-0.15, -0.1) is 11.6 Å². The summed E-state index contributed by atoms with van der Waals surface area (Å²) in [6.07, 6.45) is 5.55. The first-order chi connectivity index (χ1) is 47.7. The van der Waals surface area contributed by atoms with Crippen molar-refractivity contribution in [2.75, 3.05) is 81.6 Å². The van der Waals surface area contributed by atoms with Gasteiger partial charge in [-0.1, -0.05) is 79.1 Å². The molecule has 8 aliphatic rings. The normalized spacial score (nSPS) is 31.5. The van der Waals surface area contributed by atoms with Crippen LogP contribution in [0.15, 0.2) is 0 Å². The van der Waals surface area contributed by atoms with Gasteiger partial charge in [-0.3, -0.25) is 57.5 Å². The number of nitrogens with one attached hydrogen (secondary N) is 3. The fraction of sp³-hybridized carbons (Fsp3) is 0.833. The van der Waals surface area contributed by atoms with Crippen LogP contribution in [0.25, 0.3) is 0 Å². The van der Waals surface area contributed by atoms with E-state index in [4.69, 9.17) is 16.3 Å². The van der Waals surface area contributed by atoms with Gasteiger partial charge in [-0.05, 0) is 133 Å². The molecule has 4 aliphatic heterocycles. The smallest absolute Gasteiger partial charge is 0.376 e. The largest absolute Gasteiger partial charge is 0.393 e. The van der Waals surface area contributed by atoms with E-state index in [1.54, 1.807) is 25.7 Å². The molecule has 3 N–H and O–H groups in total. The minimum atomic E-state index is -4.51. The maximum Gasteiger partial charge on any atom is 0.393 e. The average Bonchev–Trinajstić information content (AvgIpc) is 1.75. The molecule has 4 heterocycles. The molecule has 29 heteroatoms. The van der Waals surface area contributed by atoms with E-state index in [1.807, 2.05) is 6.92 Å². The number of alkyl halides is 4. The summed E-state index contributed by atoms with van der Waals surface area (Å²) in [5.74, 6) is -10.8. The Kier molecular flexibility index (Phi) is 27.8. The van der Waals surface area contributed by atoms with E-state index in [9.17, 15) is 41.9 Å². The van der Waals surface area contributed by atoms with Gasteiger partial charge in [0.15, 0.2) is 0 Å². The van der Waals surface area contributed by atoms with Crippen LogP contribution < -0.4 is 16.0 Å². The summed E-state index contributed by atoms with van der Waals surface area (Å²) in [5, 5.41) is 7.57. The second-order valence-electron chi connectivity index (χ2n) is 31.0. The van der Waals surface area contributed by atoms with E-state index in [0.29, 0.717) is 51.6 Å². The molecule has 4 saturated heterocycles. The zero-order valence-electron chi connectivity index (χ0n) is 61.5. The summed E-state index contributed by atoms with van der Waals surface area (Å²) >= 11 is 6.41. The number of hydrogen-bond donors (Lipinski definition) is 3. The molecule has 101 heavy (non-hydrogen) atoms. The average molecular weight is 1450 g/mol. The molecule has 8 rings (SSSR count). The van der Waals surface area contributed by atoms with Gasteiger partial charge >= 0.3 is 6.18 Å². The van der Waals surface area contributed by atoms with Crippen LogP contribution in [0, 0.1) is 29.6 Å². The highest BCUT2D eigenvalue weighted by molar-refractivity contribution is 6.21. The number of piperidine rings is 1. The molecule has 0 aromatic heterocycles. The van der Waals surface area contributed by atoms with E-state index in [2.05, 4.69) is 16.0 Å². The third-order valence-corrected chi connectivity index (χ3v) is 24.1. The molecule has 13 atom stereocenters. The molecule has 4 saturated carbocycles. The van der Waals surface area contributed by atoms with Crippen LogP contribution in [0.3, 0.4) is 0 Å². The van der Waals surface area contributed by atoms with Gasteiger partial charge in [0.25, 0.3) is 0 Å². The van der Waals surface area contributed by atoms with Crippen LogP contribution in [0.1, 0.15) is 195 Å². The monoisotopic (exact) mass is 1450 g/mol. The SMILES string of the molecule is CC[C@H](C)[C@@H]1NC(=O)[C@H](COC2CC2)N(C)C(=O)C[C@@H](C(=O)N2CCCCC2)N(C)C(=O)[C@H](C(C)C)N(C)C(=O)C2(CCCC2)NC(=O)[C@@H]2CCCN2C(=O)[C@H](CCC2CCC(C(F)(F)F)C(Cl)C2)NC(=O)CN(C)C(=O)[C@H](CC2CCCCC2)N(C)C(=O)[C@@H]2CCN2C(=O)[C@H](C)N(C)C1=O. The number of carbonyl (C=O) groups excluding carboxylic acids is 12. The van der Waals surface area contributed by atoms with Crippen LogP contribution in [0.4, 0.5) is 13.2 Å². The van der Waals surface area contributed by atoms with Gasteiger partial charge < -0.3 is 64.8 Å². The Labute approximate surface area is 599 Å². The lowest BCUT2D eigenvalue weighted by Gasteiger charge is -2.45. The molecule has 8 fully saturated rings. The molecular weight excluding hydrogens is 1330 g/mol. The van der Waals surface area contributed by atoms with E-state index in [-0.39, 0.29) is 102 Å². The lowest BCUT2D eigenvalue weighted by atomic mass is 9.78. The molecular formula is C72H114ClF3N12O13. The quantitative estimate of drug-likeness (QED) is 0.212. The summed E-state index contributed by atoms with van der Waals surface area (Å²) in [6.45, 7) is 8.66. The number of nitrogens with zero attached hydrogens (tertiary/aromatic N) is 9. The number of likely N-dealkylation sites (tertiary alicyclic amines) is 1. The first-order valence-corrected chi connectivity index (χ1v) is 37.9. The summed E-state index contributed by atoms with van der Waals surface area (Å²) in [4.78, 5) is 192. The number of hydrogen-bond acceptors (Lipinski definition) is 13. The van der Waals surface area contributed by atoms with Crippen molar-refractivity contribution in [3.05, 3.63) is 0 Å². The summed E-state index contributed by atoms with van der Waals surface area (Å²) < 4.78 is 48.2. The van der Waals surface area contributed by atoms with Crippen LogP contribution in [-0.4, -0.2) is 274 Å². The van der Waals surface area contributed by atoms with Crippen molar-refractivity contribution in [3.8, 4) is 0 Å². The molecule has 0 aromatic rings. The topological polar surface area (TPSA) is 279 Å². The minimum Gasteiger partial charge on any atom is -0.376 e. The van der Waals surface area contributed by atoms with E-state index in [0.717, 1.165) is 51.4 Å². The van der Waals surface area contributed by atoms with Gasteiger partial charge in [0.2, 0.25) is 70.9 Å². The van der Waals surface area contributed by atoms with Crippen molar-refractivity contribution in [1.82, 2.24) is 60.0 Å². The zero-order chi connectivity index (χ0) is 74.1. The molecule has 0 radical (unpaired) electrons. The maximum atomic E-state index is 15.5. The molecule has 0 bridgehead atoms. The second-order valence-corrected chi connectivity index (χ2v) is 31.5. The highest BCUT2D eigenvalue weighted by Crippen LogP contribution is 2.44. The number of rotatable bonds is 12. The molecule has 568 valence electrons. The lowest BCUT2D eigenvalue weighted by molar-refractivity contribution is -0.182. The van der Waals surface area contributed by atoms with Crippen LogP contribution >= 0.6 is 11.6 Å². The number of likely N-dealkylation sites (N-methyl/N-ethyl adjacent to an activating group) is 6. The minimum absolute atomic E-state index is 0.00103. The first-order valence-electron chi connectivity index (χ1n) is 37.4. The Morgan fingerprint density at radius 3 is 1.85 bits per heavy atom. The Morgan fingerprint density at radius 2 is 1.26 bits per heavy atom. The van der Waals surface area contributed by atoms with Crippen molar-refractivity contribution in [1.29, 1.82) is 0 Å². The van der Waals surface area contributed by atoms with Crippen LogP contribution in [-0.2, 0) is 62.3 Å². The second kappa shape index (κ2) is 35.0. The summed E-state index contributed by atoms with van der Waals surface area (Å²) in [6, 6.07) is -11.1. The molecule has 0 aromatic carbocycles. The summed E-state index contributed by atoms with van der Waals surface area (Å²) in [5.41, 5.74) is -1.57. The molecule has 4 aliphatic carbocycles. The van der Waals surface area contributed by atoms with Crippen molar-refractivity contribution in [2.24, 2.45) is 29.6 Å². The predicted octanol–water partition coefficient (Wildman–Crippen LogP) is 5.22. The van der Waals surface area contributed by atoms with E-state index >= 15 is 28.8 Å². The van der Waals surface area contributed by atoms with Gasteiger partial charge in [-0.2, -0.15) is 13.2 Å². The summed E-state index contributed by atoms with van der Waals surface area (Å²) in [7, 11) is 8.59. The Bertz CT molecular complexity index is 3000. The Balaban J connectivity index is 1.15. The highest BCUT2D eigenvalue weighted by Gasteiger charge is 2.53. The van der Waals surface area contributed by atoms with E-state index < -0.39 is 173 Å². The standard InChI is InChI=1S/C72H114ClF3N12O13/c1-12-44(4)59-68(98)81(7)45(5)63(93)88-37-31-53(88)66(96)83(9)54(39-46-22-15-13-16-23-46)65(95)80(6)41-57(89)77-51(30-26-47-25-29-49(50(73)38-47)72(74,75)76)64(94)87-36-21-24-52(87)62(92)79-71(32-17-18-33-71)70(100)85(11)60(43(2)3)69(99)84(10)55(67(97)86-34-19-14-20-35-86)40-58(90)82(8)56(61(91)78-59)42-101-48-27-28-48/h43-56,59-60H,12-42H2,1-11H3,(H,77,89)(H,78,91)(H,79,92)/t44-,45-,47?,49?,50?,51-,52-,53-,54-,55-,56-,59-,60-/m0/s1. The van der Waals surface area contributed by atoms with Gasteiger partial charge in [0.1, 0.15) is 59.9 Å². The Morgan fingerprint density at radius 1 is 0.614 bits per heavy atom. The zero-order valence-corrected chi connectivity index (χ0v) is 62.3. The number of carbonyl (C=O) groups is 12. The van der Waals surface area contributed by atoms with E-state index in [1.165, 1.54) is 88.4 Å². The first kappa shape index (κ1) is 80.4. The van der Waals surface area contributed by atoms with Crippen LogP contribution in [0.5, 0.6) is 0 Å².